The molecular formula is C21H20ClN3O4S. The van der Waals surface area contributed by atoms with Crippen molar-refractivity contribution in [1.82, 2.24) is 4.98 Å². The van der Waals surface area contributed by atoms with Gasteiger partial charge in [0.05, 0.1) is 30.6 Å². The van der Waals surface area contributed by atoms with E-state index < -0.39 is 0 Å². The number of hydrogen-bond donors (Lipinski definition) is 2. The van der Waals surface area contributed by atoms with E-state index in [2.05, 4.69) is 15.6 Å². The quantitative estimate of drug-likeness (QED) is 0.557. The fraction of sp³-hybridized carbons (Fsp3) is 0.190. The third-order valence-electron chi connectivity index (χ3n) is 4.17. The minimum Gasteiger partial charge on any atom is -0.493 e. The summed E-state index contributed by atoms with van der Waals surface area (Å²) in [5.74, 6) is 0.682. The zero-order valence-electron chi connectivity index (χ0n) is 16.8. The number of thiazole rings is 1. The number of carbonyl (C=O) groups excluding carboxylic acids is 2. The molecule has 0 atom stereocenters. The first-order valence-electron chi connectivity index (χ1n) is 8.90. The van der Waals surface area contributed by atoms with Crippen LogP contribution in [-0.4, -0.2) is 31.0 Å². The van der Waals surface area contributed by atoms with Crippen LogP contribution in [-0.2, 0) is 4.79 Å². The number of ether oxygens (including phenoxy) is 2. The predicted octanol–water partition coefficient (Wildman–Crippen LogP) is 5.00. The molecular weight excluding hydrogens is 426 g/mol. The van der Waals surface area contributed by atoms with E-state index in [9.17, 15) is 9.59 Å². The number of aromatic nitrogens is 1. The Labute approximate surface area is 183 Å². The molecule has 0 aliphatic carbocycles. The van der Waals surface area contributed by atoms with Crippen LogP contribution in [0, 0.1) is 6.92 Å². The van der Waals surface area contributed by atoms with E-state index in [-0.39, 0.29) is 11.8 Å². The van der Waals surface area contributed by atoms with Gasteiger partial charge in [-0.05, 0) is 43.3 Å². The largest absolute Gasteiger partial charge is 0.493 e. The monoisotopic (exact) mass is 445 g/mol. The van der Waals surface area contributed by atoms with Gasteiger partial charge in [-0.1, -0.05) is 11.6 Å². The molecule has 30 heavy (non-hydrogen) atoms. The SMILES string of the molecule is COc1ccc(-c2nc(C)c(C(=O)Nc3ccc(NC(C)=O)cc3Cl)s2)cc1OC. The molecule has 3 aromatic rings. The maximum absolute atomic E-state index is 12.8. The molecule has 7 nitrogen and oxygen atoms in total. The van der Waals surface area contributed by atoms with Crippen molar-refractivity contribution in [3.63, 3.8) is 0 Å². The average molecular weight is 446 g/mol. The van der Waals surface area contributed by atoms with Crippen LogP contribution in [0.3, 0.4) is 0 Å². The number of halogens is 1. The van der Waals surface area contributed by atoms with Gasteiger partial charge in [-0.25, -0.2) is 4.98 Å². The van der Waals surface area contributed by atoms with Gasteiger partial charge in [0.1, 0.15) is 9.88 Å². The molecule has 2 N–H and O–H groups in total. The first-order valence-corrected chi connectivity index (χ1v) is 10.1. The molecule has 0 spiro atoms. The van der Waals surface area contributed by atoms with Crippen LogP contribution in [0.5, 0.6) is 11.5 Å². The van der Waals surface area contributed by atoms with Crippen molar-refractivity contribution in [1.29, 1.82) is 0 Å². The Bertz CT molecular complexity index is 1110. The smallest absolute Gasteiger partial charge is 0.267 e. The maximum Gasteiger partial charge on any atom is 0.267 e. The molecule has 156 valence electrons. The summed E-state index contributed by atoms with van der Waals surface area (Å²) >= 11 is 7.51. The second kappa shape index (κ2) is 9.15. The van der Waals surface area contributed by atoms with Crippen LogP contribution in [0.25, 0.3) is 10.6 Å². The normalized spacial score (nSPS) is 10.4. The number of aryl methyl sites for hydroxylation is 1. The predicted molar refractivity (Wildman–Crippen MR) is 119 cm³/mol. The first-order chi connectivity index (χ1) is 14.3. The summed E-state index contributed by atoms with van der Waals surface area (Å²) in [5.41, 5.74) is 2.41. The second-order valence-corrected chi connectivity index (χ2v) is 7.74. The van der Waals surface area contributed by atoms with Crippen molar-refractivity contribution in [2.75, 3.05) is 24.9 Å². The Morgan fingerprint density at radius 2 is 1.77 bits per heavy atom. The molecule has 0 aliphatic heterocycles. The third-order valence-corrected chi connectivity index (χ3v) is 5.69. The van der Waals surface area contributed by atoms with E-state index in [4.69, 9.17) is 21.1 Å². The standard InChI is InChI=1S/C21H20ClN3O4S/c1-11-19(20(27)25-16-7-6-14(10-15(16)22)24-12(2)26)30-21(23-11)13-5-8-17(28-3)18(9-13)29-4/h5-10H,1-4H3,(H,24,26)(H,25,27). The number of methoxy groups -OCH3 is 2. The van der Waals surface area contributed by atoms with Crippen LogP contribution >= 0.6 is 22.9 Å². The number of hydrogen-bond acceptors (Lipinski definition) is 6. The van der Waals surface area contributed by atoms with Crippen molar-refractivity contribution in [3.05, 3.63) is 52.0 Å². The Hall–Kier alpha value is -3.10. The van der Waals surface area contributed by atoms with Gasteiger partial charge in [-0.15, -0.1) is 11.3 Å². The van der Waals surface area contributed by atoms with E-state index in [1.54, 1.807) is 45.4 Å². The number of anilines is 2. The fourth-order valence-electron chi connectivity index (χ4n) is 2.78. The van der Waals surface area contributed by atoms with Gasteiger partial charge in [0.15, 0.2) is 11.5 Å². The van der Waals surface area contributed by atoms with Crippen molar-refractivity contribution in [2.45, 2.75) is 13.8 Å². The van der Waals surface area contributed by atoms with Crippen LogP contribution < -0.4 is 20.1 Å². The van der Waals surface area contributed by atoms with E-state index in [1.807, 2.05) is 12.1 Å². The molecule has 0 radical (unpaired) electrons. The average Bonchev–Trinajstić information content (AvgIpc) is 3.10. The molecule has 0 saturated heterocycles. The van der Waals surface area contributed by atoms with Gasteiger partial charge in [0.25, 0.3) is 5.91 Å². The lowest BCUT2D eigenvalue weighted by atomic mass is 10.2. The Morgan fingerprint density at radius 1 is 1.03 bits per heavy atom. The van der Waals surface area contributed by atoms with Gasteiger partial charge < -0.3 is 20.1 Å². The van der Waals surface area contributed by atoms with Crippen molar-refractivity contribution >= 4 is 46.1 Å². The van der Waals surface area contributed by atoms with Crippen molar-refractivity contribution < 1.29 is 19.1 Å². The van der Waals surface area contributed by atoms with E-state index in [1.165, 1.54) is 18.3 Å². The lowest BCUT2D eigenvalue weighted by Crippen LogP contribution is -2.12. The molecule has 0 bridgehead atoms. The highest BCUT2D eigenvalue weighted by Gasteiger charge is 2.18. The number of rotatable bonds is 6. The summed E-state index contributed by atoms with van der Waals surface area (Å²) in [4.78, 5) is 29.0. The van der Waals surface area contributed by atoms with Crippen molar-refractivity contribution in [3.8, 4) is 22.1 Å². The van der Waals surface area contributed by atoms with E-state index in [0.29, 0.717) is 43.5 Å². The summed E-state index contributed by atoms with van der Waals surface area (Å²) in [6, 6.07) is 10.3. The zero-order chi connectivity index (χ0) is 21.8. The summed E-state index contributed by atoms with van der Waals surface area (Å²) in [6.07, 6.45) is 0. The Balaban J connectivity index is 1.83. The lowest BCUT2D eigenvalue weighted by molar-refractivity contribution is -0.114. The number of nitrogens with one attached hydrogen (secondary N) is 2. The lowest BCUT2D eigenvalue weighted by Gasteiger charge is -2.09. The fourth-order valence-corrected chi connectivity index (χ4v) is 3.96. The highest BCUT2D eigenvalue weighted by molar-refractivity contribution is 7.17. The molecule has 0 fully saturated rings. The summed E-state index contributed by atoms with van der Waals surface area (Å²) in [6.45, 7) is 3.18. The van der Waals surface area contributed by atoms with Crippen LogP contribution in [0.2, 0.25) is 5.02 Å². The summed E-state index contributed by atoms with van der Waals surface area (Å²) in [7, 11) is 3.13. The minimum atomic E-state index is -0.314. The topological polar surface area (TPSA) is 89.5 Å². The third kappa shape index (κ3) is 4.72. The van der Waals surface area contributed by atoms with Crippen LogP contribution in [0.4, 0.5) is 11.4 Å². The Kier molecular flexibility index (Phi) is 6.59. The molecule has 9 heteroatoms. The van der Waals surface area contributed by atoms with Crippen LogP contribution in [0.1, 0.15) is 22.3 Å². The number of nitrogens with zero attached hydrogens (tertiary/aromatic N) is 1. The molecule has 2 aromatic carbocycles. The molecule has 1 heterocycles. The highest BCUT2D eigenvalue weighted by atomic mass is 35.5. The maximum atomic E-state index is 12.8. The second-order valence-electron chi connectivity index (χ2n) is 6.33. The van der Waals surface area contributed by atoms with Gasteiger partial charge in [-0.2, -0.15) is 0 Å². The zero-order valence-corrected chi connectivity index (χ0v) is 18.4. The van der Waals surface area contributed by atoms with Gasteiger partial charge >= 0.3 is 0 Å². The van der Waals surface area contributed by atoms with Gasteiger partial charge in [0.2, 0.25) is 5.91 Å². The number of amides is 2. The molecule has 3 rings (SSSR count). The van der Waals surface area contributed by atoms with E-state index in [0.717, 1.165) is 5.56 Å². The first kappa shape index (κ1) is 21.6. The van der Waals surface area contributed by atoms with Gasteiger partial charge in [-0.3, -0.25) is 9.59 Å². The number of benzene rings is 2. The highest BCUT2D eigenvalue weighted by Crippen LogP contribution is 2.35. The van der Waals surface area contributed by atoms with Crippen LogP contribution in [0.15, 0.2) is 36.4 Å². The molecule has 0 unspecified atom stereocenters. The van der Waals surface area contributed by atoms with Crippen molar-refractivity contribution in [2.24, 2.45) is 0 Å². The molecule has 0 saturated carbocycles. The van der Waals surface area contributed by atoms with Gasteiger partial charge in [0, 0.05) is 18.2 Å². The van der Waals surface area contributed by atoms with E-state index >= 15 is 0 Å². The summed E-state index contributed by atoms with van der Waals surface area (Å²) in [5, 5.41) is 6.44. The molecule has 1 aromatic heterocycles. The number of carbonyl (C=O) groups is 2. The Morgan fingerprint density at radius 3 is 2.40 bits per heavy atom. The summed E-state index contributed by atoms with van der Waals surface area (Å²) < 4.78 is 10.6. The molecule has 2 amide bonds. The minimum absolute atomic E-state index is 0.203. The molecule has 0 aliphatic rings.